The van der Waals surface area contributed by atoms with Crippen LogP contribution >= 0.6 is 0 Å². The zero-order valence-corrected chi connectivity index (χ0v) is 8.82. The normalized spacial score (nSPS) is 22.1. The Labute approximate surface area is 89.9 Å². The summed E-state index contributed by atoms with van der Waals surface area (Å²) in [6.07, 6.45) is 2.30. The van der Waals surface area contributed by atoms with Crippen LogP contribution in [0.15, 0.2) is 24.3 Å². The highest BCUT2D eigenvalue weighted by Gasteiger charge is 2.25. The molecule has 1 aromatic rings. The summed E-state index contributed by atoms with van der Waals surface area (Å²) in [5.41, 5.74) is 6.65. The molecule has 2 rings (SSSR count). The van der Waals surface area contributed by atoms with Gasteiger partial charge in [0.2, 0.25) is 0 Å². The van der Waals surface area contributed by atoms with E-state index in [2.05, 4.69) is 4.90 Å². The molecule has 1 atom stereocenters. The monoisotopic (exact) mass is 208 g/mol. The summed E-state index contributed by atoms with van der Waals surface area (Å²) in [6.45, 7) is 2.66. The van der Waals surface area contributed by atoms with E-state index in [1.807, 2.05) is 6.07 Å². The van der Waals surface area contributed by atoms with E-state index in [0.29, 0.717) is 12.6 Å². The lowest BCUT2D eigenvalue weighted by atomic mass is 10.0. The quantitative estimate of drug-likeness (QED) is 0.822. The average molecular weight is 208 g/mol. The first-order chi connectivity index (χ1) is 7.31. The first-order valence-electron chi connectivity index (χ1n) is 5.51. The second-order valence-corrected chi connectivity index (χ2v) is 4.04. The Morgan fingerprint density at radius 2 is 2.33 bits per heavy atom. The van der Waals surface area contributed by atoms with Crippen LogP contribution in [0, 0.1) is 5.82 Å². The van der Waals surface area contributed by atoms with Crippen LogP contribution in [0.25, 0.3) is 0 Å². The van der Waals surface area contributed by atoms with Crippen LogP contribution in [-0.2, 0) is 0 Å². The SMILES string of the molecule is NCCN1CCC[C@@H]1c1cccc(F)c1. The largest absolute Gasteiger partial charge is 0.329 e. The van der Waals surface area contributed by atoms with Gasteiger partial charge in [0.15, 0.2) is 0 Å². The van der Waals surface area contributed by atoms with E-state index in [1.165, 1.54) is 12.5 Å². The number of hydrogen-bond donors (Lipinski definition) is 1. The Morgan fingerprint density at radius 3 is 3.07 bits per heavy atom. The van der Waals surface area contributed by atoms with Gasteiger partial charge in [-0.05, 0) is 37.1 Å². The van der Waals surface area contributed by atoms with E-state index < -0.39 is 0 Å². The van der Waals surface area contributed by atoms with Gasteiger partial charge in [-0.2, -0.15) is 0 Å². The number of nitrogens with two attached hydrogens (primary N) is 1. The summed E-state index contributed by atoms with van der Waals surface area (Å²) in [4.78, 5) is 2.34. The van der Waals surface area contributed by atoms with E-state index in [9.17, 15) is 4.39 Å². The molecule has 0 spiro atoms. The van der Waals surface area contributed by atoms with Crippen molar-refractivity contribution < 1.29 is 4.39 Å². The fourth-order valence-corrected chi connectivity index (χ4v) is 2.35. The molecular weight excluding hydrogens is 191 g/mol. The van der Waals surface area contributed by atoms with E-state index in [0.717, 1.165) is 25.1 Å². The lowest BCUT2D eigenvalue weighted by Crippen LogP contribution is -2.29. The predicted molar refractivity (Wildman–Crippen MR) is 59.0 cm³/mol. The fourth-order valence-electron chi connectivity index (χ4n) is 2.35. The third kappa shape index (κ3) is 2.36. The van der Waals surface area contributed by atoms with Gasteiger partial charge in [-0.1, -0.05) is 12.1 Å². The van der Waals surface area contributed by atoms with Gasteiger partial charge in [0, 0.05) is 19.1 Å². The number of likely N-dealkylation sites (tertiary alicyclic amines) is 1. The molecule has 0 aliphatic carbocycles. The molecule has 15 heavy (non-hydrogen) atoms. The molecule has 1 aliphatic heterocycles. The molecule has 1 saturated heterocycles. The molecule has 0 saturated carbocycles. The van der Waals surface area contributed by atoms with Crippen molar-refractivity contribution in [2.24, 2.45) is 5.73 Å². The van der Waals surface area contributed by atoms with Gasteiger partial charge in [0.25, 0.3) is 0 Å². The molecule has 2 N–H and O–H groups in total. The van der Waals surface area contributed by atoms with Gasteiger partial charge in [0.05, 0.1) is 0 Å². The predicted octanol–water partition coefficient (Wildman–Crippen LogP) is 1.92. The van der Waals surface area contributed by atoms with Gasteiger partial charge in [-0.25, -0.2) is 4.39 Å². The van der Waals surface area contributed by atoms with Crippen molar-refractivity contribution >= 4 is 0 Å². The smallest absolute Gasteiger partial charge is 0.123 e. The fraction of sp³-hybridized carbons (Fsp3) is 0.500. The molecule has 0 aromatic heterocycles. The Balaban J connectivity index is 2.15. The maximum Gasteiger partial charge on any atom is 0.123 e. The first kappa shape index (κ1) is 10.6. The molecule has 0 amide bonds. The van der Waals surface area contributed by atoms with Crippen molar-refractivity contribution in [2.45, 2.75) is 18.9 Å². The third-order valence-electron chi connectivity index (χ3n) is 3.01. The number of nitrogens with zero attached hydrogens (tertiary/aromatic N) is 1. The van der Waals surface area contributed by atoms with Crippen molar-refractivity contribution in [3.63, 3.8) is 0 Å². The Bertz CT molecular complexity index is 327. The molecule has 0 bridgehead atoms. The molecule has 3 heteroatoms. The maximum atomic E-state index is 13.1. The standard InChI is InChI=1S/C12H17FN2/c13-11-4-1-3-10(9-11)12-5-2-7-15(12)8-6-14/h1,3-4,9,12H,2,5-8,14H2/t12-/m1/s1. The topological polar surface area (TPSA) is 29.3 Å². The summed E-state index contributed by atoms with van der Waals surface area (Å²) in [5.74, 6) is -0.146. The molecule has 1 aromatic carbocycles. The van der Waals surface area contributed by atoms with E-state index >= 15 is 0 Å². The summed E-state index contributed by atoms with van der Waals surface area (Å²) < 4.78 is 13.1. The van der Waals surface area contributed by atoms with Gasteiger partial charge >= 0.3 is 0 Å². The van der Waals surface area contributed by atoms with Gasteiger partial charge in [-0.15, -0.1) is 0 Å². The second-order valence-electron chi connectivity index (χ2n) is 4.04. The molecule has 1 fully saturated rings. The molecule has 82 valence electrons. The first-order valence-corrected chi connectivity index (χ1v) is 5.51. The summed E-state index contributed by atoms with van der Waals surface area (Å²) >= 11 is 0. The van der Waals surface area contributed by atoms with Crippen LogP contribution in [0.5, 0.6) is 0 Å². The second kappa shape index (κ2) is 4.73. The highest BCUT2D eigenvalue weighted by molar-refractivity contribution is 5.21. The van der Waals surface area contributed by atoms with Crippen LogP contribution in [0.2, 0.25) is 0 Å². The number of halogens is 1. The molecular formula is C12H17FN2. The molecule has 0 radical (unpaired) electrons. The van der Waals surface area contributed by atoms with Crippen molar-refractivity contribution in [1.82, 2.24) is 4.90 Å². The Kier molecular flexibility index (Phi) is 3.34. The third-order valence-corrected chi connectivity index (χ3v) is 3.01. The van der Waals surface area contributed by atoms with Crippen LogP contribution in [0.4, 0.5) is 4.39 Å². The van der Waals surface area contributed by atoms with E-state index in [-0.39, 0.29) is 5.82 Å². The lowest BCUT2D eigenvalue weighted by molar-refractivity contribution is 0.264. The number of benzene rings is 1. The molecule has 0 unspecified atom stereocenters. The van der Waals surface area contributed by atoms with Crippen LogP contribution in [-0.4, -0.2) is 24.5 Å². The number of hydrogen-bond acceptors (Lipinski definition) is 2. The summed E-state index contributed by atoms with van der Waals surface area (Å²) in [7, 11) is 0. The Morgan fingerprint density at radius 1 is 1.47 bits per heavy atom. The van der Waals surface area contributed by atoms with E-state index in [1.54, 1.807) is 12.1 Å². The van der Waals surface area contributed by atoms with E-state index in [4.69, 9.17) is 5.73 Å². The Hall–Kier alpha value is -0.930. The maximum absolute atomic E-state index is 13.1. The van der Waals surface area contributed by atoms with Crippen LogP contribution in [0.3, 0.4) is 0 Å². The van der Waals surface area contributed by atoms with Gasteiger partial charge < -0.3 is 5.73 Å². The van der Waals surface area contributed by atoms with Crippen LogP contribution in [0.1, 0.15) is 24.4 Å². The minimum absolute atomic E-state index is 0.146. The zero-order chi connectivity index (χ0) is 10.7. The number of rotatable bonds is 3. The summed E-state index contributed by atoms with van der Waals surface area (Å²) in [6, 6.07) is 7.28. The minimum Gasteiger partial charge on any atom is -0.329 e. The van der Waals surface area contributed by atoms with Gasteiger partial charge in [0.1, 0.15) is 5.82 Å². The highest BCUT2D eigenvalue weighted by Crippen LogP contribution is 2.31. The van der Waals surface area contributed by atoms with Gasteiger partial charge in [-0.3, -0.25) is 4.90 Å². The van der Waals surface area contributed by atoms with Crippen molar-refractivity contribution in [1.29, 1.82) is 0 Å². The molecule has 1 aliphatic rings. The van der Waals surface area contributed by atoms with Crippen molar-refractivity contribution in [2.75, 3.05) is 19.6 Å². The molecule has 1 heterocycles. The van der Waals surface area contributed by atoms with Crippen LogP contribution < -0.4 is 5.73 Å². The lowest BCUT2D eigenvalue weighted by Gasteiger charge is -2.24. The van der Waals surface area contributed by atoms with Crippen molar-refractivity contribution in [3.05, 3.63) is 35.6 Å². The molecule has 2 nitrogen and oxygen atoms in total. The highest BCUT2D eigenvalue weighted by atomic mass is 19.1. The average Bonchev–Trinajstić information content (AvgIpc) is 2.66. The zero-order valence-electron chi connectivity index (χ0n) is 8.82. The minimum atomic E-state index is -0.146. The van der Waals surface area contributed by atoms with Crippen molar-refractivity contribution in [3.8, 4) is 0 Å². The summed E-state index contributed by atoms with van der Waals surface area (Å²) in [5, 5.41) is 0.